The molecule has 0 bridgehead atoms. The maximum Gasteiger partial charge on any atom is 0.0873 e. The van der Waals surface area contributed by atoms with E-state index < -0.39 is 0 Å². The zero-order valence-corrected chi connectivity index (χ0v) is 4.70. The summed E-state index contributed by atoms with van der Waals surface area (Å²) in [7, 11) is 0. The van der Waals surface area contributed by atoms with E-state index in [2.05, 4.69) is 0 Å². The van der Waals surface area contributed by atoms with Crippen molar-refractivity contribution in [1.82, 2.24) is 0 Å². The molecule has 0 aliphatic rings. The fourth-order valence-corrected chi connectivity index (χ4v) is 0. The Hall–Kier alpha value is -0.0500. The van der Waals surface area contributed by atoms with Gasteiger partial charge in [0.1, 0.15) is 0 Å². The maximum atomic E-state index is 6.28. The highest BCUT2D eigenvalue weighted by atomic mass is 79.9. The van der Waals surface area contributed by atoms with Crippen LogP contribution >= 0.6 is 17.0 Å². The summed E-state index contributed by atoms with van der Waals surface area (Å²) in [6.45, 7) is 1.53. The number of rotatable bonds is 0. The Morgan fingerprint density at radius 1 is 1.80 bits per heavy atom. The fraction of sp³-hybridized carbons (Fsp3) is 0.500. The first kappa shape index (κ1) is 8.87. The van der Waals surface area contributed by atoms with Gasteiger partial charge in [0.05, 0.1) is 5.84 Å². The van der Waals surface area contributed by atoms with Gasteiger partial charge in [0.25, 0.3) is 0 Å². The van der Waals surface area contributed by atoms with Crippen molar-refractivity contribution in [3.8, 4) is 0 Å². The monoisotopic (exact) mass is 138 g/mol. The third kappa shape index (κ3) is 6010. The Kier molecular flexibility index (Phi) is 7.01. The van der Waals surface area contributed by atoms with Gasteiger partial charge in [-0.15, -0.1) is 17.0 Å². The van der Waals surface area contributed by atoms with Crippen LogP contribution in [0.3, 0.4) is 0 Å². The van der Waals surface area contributed by atoms with Crippen molar-refractivity contribution >= 4 is 22.8 Å². The lowest BCUT2D eigenvalue weighted by atomic mass is 10.8. The van der Waals surface area contributed by atoms with Crippen molar-refractivity contribution in [2.75, 3.05) is 0 Å². The van der Waals surface area contributed by atoms with Gasteiger partial charge in [0.15, 0.2) is 0 Å². The van der Waals surface area contributed by atoms with Gasteiger partial charge in [-0.25, -0.2) is 0 Å². The molecule has 3 heteroatoms. The second-order valence-corrected chi connectivity index (χ2v) is 0.683. The lowest BCUT2D eigenvalue weighted by Crippen LogP contribution is -2.00. The minimum atomic E-state index is 0. The van der Waals surface area contributed by atoms with E-state index in [4.69, 9.17) is 11.1 Å². The molecule has 0 rings (SSSR count). The second kappa shape index (κ2) is 3.95. The first-order valence-electron chi connectivity index (χ1n) is 1.04. The molecule has 0 radical (unpaired) electrons. The molecule has 0 aliphatic carbocycles. The van der Waals surface area contributed by atoms with Crippen LogP contribution in [0.1, 0.15) is 6.92 Å². The Morgan fingerprint density at radius 2 is 1.80 bits per heavy atom. The molecule has 0 aromatic carbocycles. The van der Waals surface area contributed by atoms with Crippen LogP contribution in [-0.2, 0) is 0 Å². The fourth-order valence-electron chi connectivity index (χ4n) is 0. The molecule has 32 valence electrons. The van der Waals surface area contributed by atoms with Crippen LogP contribution in [0.25, 0.3) is 0 Å². The third-order valence-electron chi connectivity index (χ3n) is 0. The van der Waals surface area contributed by atoms with Crippen LogP contribution in [0, 0.1) is 5.41 Å². The summed E-state index contributed by atoms with van der Waals surface area (Å²) < 4.78 is 0. The minimum absolute atomic E-state index is 0. The van der Waals surface area contributed by atoms with Gasteiger partial charge < -0.3 is 5.73 Å². The summed E-state index contributed by atoms with van der Waals surface area (Å²) in [5.74, 6) is 0.167. The topological polar surface area (TPSA) is 49.9 Å². The van der Waals surface area contributed by atoms with Crippen LogP contribution in [0.15, 0.2) is 0 Å². The van der Waals surface area contributed by atoms with Crippen LogP contribution < -0.4 is 5.73 Å². The highest BCUT2D eigenvalue weighted by molar-refractivity contribution is 8.93. The maximum absolute atomic E-state index is 6.28. The molecule has 2 nitrogen and oxygen atoms in total. The zero-order chi connectivity index (χ0) is 3.58. The molecule has 5 heavy (non-hydrogen) atoms. The lowest BCUT2D eigenvalue weighted by molar-refractivity contribution is 1.42. The Balaban J connectivity index is 0. The number of hydrogen-bond acceptors (Lipinski definition) is 1. The van der Waals surface area contributed by atoms with Crippen molar-refractivity contribution in [3.05, 3.63) is 0 Å². The van der Waals surface area contributed by atoms with Gasteiger partial charge >= 0.3 is 0 Å². The van der Waals surface area contributed by atoms with Crippen molar-refractivity contribution in [3.63, 3.8) is 0 Å². The van der Waals surface area contributed by atoms with Gasteiger partial charge in [-0.05, 0) is 6.92 Å². The highest BCUT2D eigenvalue weighted by Gasteiger charge is 1.53. The largest absolute Gasteiger partial charge is 0.388 e. The molecule has 0 heterocycles. The highest BCUT2D eigenvalue weighted by Crippen LogP contribution is 1.36. The van der Waals surface area contributed by atoms with E-state index in [-0.39, 0.29) is 22.8 Å². The molecule has 0 aliphatic heterocycles. The average molecular weight is 139 g/mol. The standard InChI is InChI=1S/C2H6N2.BrH/c1-2(3)4;/h1H3,(H3,3,4);1H. The summed E-state index contributed by atoms with van der Waals surface area (Å²) in [4.78, 5) is 0. The average Bonchev–Trinajstić information content (AvgIpc) is 0.811. The van der Waals surface area contributed by atoms with E-state index >= 15 is 0 Å². The molecular formula is C2H7BrN2. The normalized spacial score (nSPS) is 5.00. The van der Waals surface area contributed by atoms with Crippen molar-refractivity contribution in [2.24, 2.45) is 5.73 Å². The molecule has 0 saturated carbocycles. The molecule has 0 saturated heterocycles. The number of nitrogens with one attached hydrogen (secondary N) is 1. The number of halogens is 1. The quantitative estimate of drug-likeness (QED) is 0.373. The van der Waals surface area contributed by atoms with Gasteiger partial charge in [0.2, 0.25) is 0 Å². The number of amidine groups is 1. The van der Waals surface area contributed by atoms with E-state index in [0.29, 0.717) is 0 Å². The summed E-state index contributed by atoms with van der Waals surface area (Å²) in [6, 6.07) is 0. The Morgan fingerprint density at radius 3 is 1.80 bits per heavy atom. The first-order valence-corrected chi connectivity index (χ1v) is 1.04. The van der Waals surface area contributed by atoms with E-state index in [1.54, 1.807) is 0 Å². The predicted molar refractivity (Wildman–Crippen MR) is 27.9 cm³/mol. The lowest BCUT2D eigenvalue weighted by Gasteiger charge is -1.66. The van der Waals surface area contributed by atoms with Gasteiger partial charge in [-0.2, -0.15) is 0 Å². The van der Waals surface area contributed by atoms with E-state index in [1.165, 1.54) is 6.92 Å². The number of nitrogens with two attached hydrogens (primary N) is 1. The molecule has 0 aromatic rings. The van der Waals surface area contributed by atoms with Crippen LogP contribution in [0.4, 0.5) is 0 Å². The van der Waals surface area contributed by atoms with E-state index in [1.807, 2.05) is 0 Å². The van der Waals surface area contributed by atoms with Crippen molar-refractivity contribution in [2.45, 2.75) is 6.92 Å². The van der Waals surface area contributed by atoms with Crippen molar-refractivity contribution < 1.29 is 0 Å². The predicted octanol–water partition coefficient (Wildman–Crippen LogP) is 0.520. The van der Waals surface area contributed by atoms with Gasteiger partial charge in [-0.1, -0.05) is 0 Å². The Labute approximate surface area is 41.6 Å². The minimum Gasteiger partial charge on any atom is -0.388 e. The third-order valence-corrected chi connectivity index (χ3v) is 0. The molecule has 3 N–H and O–H groups in total. The van der Waals surface area contributed by atoms with E-state index in [9.17, 15) is 0 Å². The summed E-state index contributed by atoms with van der Waals surface area (Å²) in [5.41, 5.74) is 4.69. The van der Waals surface area contributed by atoms with Crippen molar-refractivity contribution in [1.29, 1.82) is 5.41 Å². The van der Waals surface area contributed by atoms with Gasteiger partial charge in [-0.3, -0.25) is 5.41 Å². The summed E-state index contributed by atoms with van der Waals surface area (Å²) >= 11 is 0. The van der Waals surface area contributed by atoms with Crippen LogP contribution in [-0.4, -0.2) is 5.84 Å². The molecule has 0 aromatic heterocycles. The summed E-state index contributed by atoms with van der Waals surface area (Å²) in [5, 5.41) is 6.28. The SMILES string of the molecule is Br.CC(=N)N. The Bertz CT molecular complexity index is 30.6. The summed E-state index contributed by atoms with van der Waals surface area (Å²) in [6.07, 6.45) is 0. The smallest absolute Gasteiger partial charge is 0.0873 e. The van der Waals surface area contributed by atoms with Crippen LogP contribution in [0.2, 0.25) is 0 Å². The number of hydrogen-bond donors (Lipinski definition) is 2. The molecule has 0 amide bonds. The molecule has 0 unspecified atom stereocenters. The zero-order valence-electron chi connectivity index (χ0n) is 2.99. The van der Waals surface area contributed by atoms with E-state index in [0.717, 1.165) is 0 Å². The van der Waals surface area contributed by atoms with Gasteiger partial charge in [0, 0.05) is 0 Å². The second-order valence-electron chi connectivity index (χ2n) is 0.683. The first-order chi connectivity index (χ1) is 1.73. The molecule has 0 atom stereocenters. The van der Waals surface area contributed by atoms with Crippen LogP contribution in [0.5, 0.6) is 0 Å². The molecule has 0 spiro atoms. The molecule has 0 fully saturated rings. The molecular weight excluding hydrogens is 132 g/mol.